The monoisotopic (exact) mass is 223 g/mol. The van der Waals surface area contributed by atoms with E-state index in [-0.39, 0.29) is 5.82 Å². The summed E-state index contributed by atoms with van der Waals surface area (Å²) in [6.07, 6.45) is 2.12. The van der Waals surface area contributed by atoms with Crippen LogP contribution in [0.2, 0.25) is 0 Å². The minimum absolute atomic E-state index is 0.134. The summed E-state index contributed by atoms with van der Waals surface area (Å²) in [5, 5.41) is 3.22. The van der Waals surface area contributed by atoms with Gasteiger partial charge in [0, 0.05) is 0 Å². The molecular formula is C14H22FN. The van der Waals surface area contributed by atoms with Crippen LogP contribution in [0.5, 0.6) is 0 Å². The zero-order valence-corrected chi connectivity index (χ0v) is 10.5. The molecule has 0 heterocycles. The fourth-order valence-corrected chi connectivity index (χ4v) is 2.04. The smallest absolute Gasteiger partial charge is 0.123 e. The molecule has 0 amide bonds. The van der Waals surface area contributed by atoms with Crippen LogP contribution >= 0.6 is 0 Å². The summed E-state index contributed by atoms with van der Waals surface area (Å²) in [6.45, 7) is 5.46. The maximum atomic E-state index is 13.1. The van der Waals surface area contributed by atoms with Gasteiger partial charge in [-0.25, -0.2) is 4.39 Å². The summed E-state index contributed by atoms with van der Waals surface area (Å²) in [4.78, 5) is 0. The van der Waals surface area contributed by atoms with Gasteiger partial charge in [0.15, 0.2) is 0 Å². The van der Waals surface area contributed by atoms with E-state index in [1.165, 1.54) is 12.5 Å². The van der Waals surface area contributed by atoms with Crippen LogP contribution in [-0.2, 0) is 6.42 Å². The van der Waals surface area contributed by atoms with Crippen molar-refractivity contribution in [2.24, 2.45) is 11.8 Å². The highest BCUT2D eigenvalue weighted by atomic mass is 19.1. The normalized spacial score (nSPS) is 14.8. The Kier molecular flexibility index (Phi) is 5.47. The number of hydrogen-bond acceptors (Lipinski definition) is 1. The lowest BCUT2D eigenvalue weighted by atomic mass is 9.86. The van der Waals surface area contributed by atoms with E-state index in [1.807, 2.05) is 13.1 Å². The SMILES string of the molecule is CCC(C)C(CNC)Cc1cccc(F)c1. The van der Waals surface area contributed by atoms with Crippen molar-refractivity contribution < 1.29 is 4.39 Å². The summed E-state index contributed by atoms with van der Waals surface area (Å²) < 4.78 is 13.1. The molecule has 2 atom stereocenters. The number of rotatable bonds is 6. The number of nitrogens with one attached hydrogen (secondary N) is 1. The summed E-state index contributed by atoms with van der Waals surface area (Å²) in [7, 11) is 1.97. The standard InChI is InChI=1S/C14H22FN/c1-4-11(2)13(10-16-3)8-12-6-5-7-14(15)9-12/h5-7,9,11,13,16H,4,8,10H2,1-3H3. The van der Waals surface area contributed by atoms with Crippen molar-refractivity contribution in [2.75, 3.05) is 13.6 Å². The molecule has 2 heteroatoms. The molecule has 1 aromatic rings. The first kappa shape index (κ1) is 13.2. The summed E-state index contributed by atoms with van der Waals surface area (Å²) in [5.41, 5.74) is 1.10. The average molecular weight is 223 g/mol. The molecular weight excluding hydrogens is 201 g/mol. The Morgan fingerprint density at radius 1 is 1.38 bits per heavy atom. The van der Waals surface area contributed by atoms with Crippen LogP contribution in [0.25, 0.3) is 0 Å². The van der Waals surface area contributed by atoms with Crippen molar-refractivity contribution in [1.29, 1.82) is 0 Å². The Morgan fingerprint density at radius 3 is 2.69 bits per heavy atom. The van der Waals surface area contributed by atoms with Gasteiger partial charge in [-0.1, -0.05) is 32.4 Å². The van der Waals surface area contributed by atoms with Crippen LogP contribution in [0.1, 0.15) is 25.8 Å². The third kappa shape index (κ3) is 3.93. The highest BCUT2D eigenvalue weighted by Gasteiger charge is 2.15. The van der Waals surface area contributed by atoms with Gasteiger partial charge in [0.1, 0.15) is 5.82 Å². The van der Waals surface area contributed by atoms with E-state index in [1.54, 1.807) is 12.1 Å². The summed E-state index contributed by atoms with van der Waals surface area (Å²) in [5.74, 6) is 1.11. The Labute approximate surface area is 98.1 Å². The van der Waals surface area contributed by atoms with Crippen molar-refractivity contribution >= 4 is 0 Å². The minimum atomic E-state index is -0.134. The molecule has 0 fully saturated rings. The third-order valence-corrected chi connectivity index (χ3v) is 3.30. The van der Waals surface area contributed by atoms with Gasteiger partial charge in [-0.05, 0) is 49.5 Å². The zero-order valence-electron chi connectivity index (χ0n) is 10.5. The van der Waals surface area contributed by atoms with Crippen LogP contribution in [0.3, 0.4) is 0 Å². The highest BCUT2D eigenvalue weighted by molar-refractivity contribution is 5.17. The van der Waals surface area contributed by atoms with Crippen LogP contribution in [-0.4, -0.2) is 13.6 Å². The molecule has 1 aromatic carbocycles. The second-order valence-corrected chi connectivity index (χ2v) is 4.54. The van der Waals surface area contributed by atoms with Crippen molar-refractivity contribution in [3.8, 4) is 0 Å². The molecule has 1 nitrogen and oxygen atoms in total. The van der Waals surface area contributed by atoms with Gasteiger partial charge < -0.3 is 5.32 Å². The molecule has 0 saturated carbocycles. The minimum Gasteiger partial charge on any atom is -0.319 e. The predicted octanol–water partition coefficient (Wildman–Crippen LogP) is 3.25. The van der Waals surface area contributed by atoms with Gasteiger partial charge in [-0.15, -0.1) is 0 Å². The van der Waals surface area contributed by atoms with Gasteiger partial charge in [-0.3, -0.25) is 0 Å². The Hall–Kier alpha value is -0.890. The van der Waals surface area contributed by atoms with E-state index in [9.17, 15) is 4.39 Å². The van der Waals surface area contributed by atoms with Crippen LogP contribution in [0, 0.1) is 17.7 Å². The lowest BCUT2D eigenvalue weighted by Gasteiger charge is -2.22. The number of halogens is 1. The molecule has 2 unspecified atom stereocenters. The van der Waals surface area contributed by atoms with E-state index < -0.39 is 0 Å². The van der Waals surface area contributed by atoms with Crippen LogP contribution < -0.4 is 5.32 Å². The van der Waals surface area contributed by atoms with Crippen molar-refractivity contribution in [3.05, 3.63) is 35.6 Å². The van der Waals surface area contributed by atoms with E-state index in [0.717, 1.165) is 18.5 Å². The van der Waals surface area contributed by atoms with Crippen LogP contribution in [0.15, 0.2) is 24.3 Å². The fraction of sp³-hybridized carbons (Fsp3) is 0.571. The molecule has 16 heavy (non-hydrogen) atoms. The van der Waals surface area contributed by atoms with Crippen molar-refractivity contribution in [2.45, 2.75) is 26.7 Å². The van der Waals surface area contributed by atoms with E-state index in [4.69, 9.17) is 0 Å². The quantitative estimate of drug-likeness (QED) is 0.780. The first-order chi connectivity index (χ1) is 7.67. The molecule has 0 saturated heterocycles. The molecule has 0 aliphatic heterocycles. The first-order valence-corrected chi connectivity index (χ1v) is 6.06. The van der Waals surface area contributed by atoms with Gasteiger partial charge in [0.2, 0.25) is 0 Å². The molecule has 0 radical (unpaired) electrons. The lowest BCUT2D eigenvalue weighted by Crippen LogP contribution is -2.26. The maximum Gasteiger partial charge on any atom is 0.123 e. The molecule has 0 aromatic heterocycles. The third-order valence-electron chi connectivity index (χ3n) is 3.30. The van der Waals surface area contributed by atoms with E-state index >= 15 is 0 Å². The largest absolute Gasteiger partial charge is 0.319 e. The molecule has 0 bridgehead atoms. The van der Waals surface area contributed by atoms with Gasteiger partial charge >= 0.3 is 0 Å². The molecule has 0 spiro atoms. The summed E-state index contributed by atoms with van der Waals surface area (Å²) >= 11 is 0. The van der Waals surface area contributed by atoms with Crippen molar-refractivity contribution in [1.82, 2.24) is 5.32 Å². The van der Waals surface area contributed by atoms with Gasteiger partial charge in [-0.2, -0.15) is 0 Å². The average Bonchev–Trinajstić information content (AvgIpc) is 2.27. The molecule has 0 aliphatic rings. The molecule has 1 N–H and O–H groups in total. The Balaban J connectivity index is 2.67. The summed E-state index contributed by atoms with van der Waals surface area (Å²) in [6, 6.07) is 6.94. The Morgan fingerprint density at radius 2 is 2.12 bits per heavy atom. The first-order valence-electron chi connectivity index (χ1n) is 6.06. The van der Waals surface area contributed by atoms with E-state index in [0.29, 0.717) is 11.8 Å². The lowest BCUT2D eigenvalue weighted by molar-refractivity contribution is 0.336. The van der Waals surface area contributed by atoms with Gasteiger partial charge in [0.25, 0.3) is 0 Å². The zero-order chi connectivity index (χ0) is 12.0. The molecule has 0 aliphatic carbocycles. The topological polar surface area (TPSA) is 12.0 Å². The maximum absolute atomic E-state index is 13.1. The van der Waals surface area contributed by atoms with Crippen molar-refractivity contribution in [3.63, 3.8) is 0 Å². The number of hydrogen-bond donors (Lipinski definition) is 1. The molecule has 90 valence electrons. The molecule has 1 rings (SSSR count). The van der Waals surface area contributed by atoms with E-state index in [2.05, 4.69) is 19.2 Å². The second kappa shape index (κ2) is 6.64. The Bertz CT molecular complexity index is 311. The van der Waals surface area contributed by atoms with Crippen LogP contribution in [0.4, 0.5) is 4.39 Å². The number of benzene rings is 1. The fourth-order valence-electron chi connectivity index (χ4n) is 2.04. The highest BCUT2D eigenvalue weighted by Crippen LogP contribution is 2.20. The predicted molar refractivity (Wildman–Crippen MR) is 67.0 cm³/mol. The second-order valence-electron chi connectivity index (χ2n) is 4.54. The van der Waals surface area contributed by atoms with Gasteiger partial charge in [0.05, 0.1) is 0 Å².